The maximum atomic E-state index is 6.01. The number of hydrogen-bond acceptors (Lipinski definition) is 8. The summed E-state index contributed by atoms with van der Waals surface area (Å²) in [6.45, 7) is 12.7. The van der Waals surface area contributed by atoms with E-state index in [0.717, 1.165) is 62.3 Å². The molecule has 0 spiro atoms. The van der Waals surface area contributed by atoms with Gasteiger partial charge >= 0.3 is 0 Å². The Kier molecular flexibility index (Phi) is 10.7. The van der Waals surface area contributed by atoms with Gasteiger partial charge in [-0.3, -0.25) is 4.57 Å². The zero-order valence-corrected chi connectivity index (χ0v) is 25.2. The van der Waals surface area contributed by atoms with Crippen molar-refractivity contribution >= 4 is 35.0 Å². The minimum absolute atomic E-state index is 0.579. The Morgan fingerprint density at radius 2 is 1.79 bits per heavy atom. The summed E-state index contributed by atoms with van der Waals surface area (Å²) >= 11 is 3.53. The molecule has 210 valence electrons. The largest absolute Gasteiger partial charge is 0.494 e. The molecule has 4 aromatic rings. The third kappa shape index (κ3) is 5.88. The van der Waals surface area contributed by atoms with E-state index in [1.165, 1.54) is 0 Å². The Morgan fingerprint density at radius 3 is 2.49 bits per heavy atom. The van der Waals surface area contributed by atoms with Crippen LogP contribution in [0.15, 0.2) is 42.5 Å². The Labute approximate surface area is 237 Å². The standard InChI is InChI=1S/C27H31N5O3.C2H6.CH4S/c1-6-34-20-11-12-21(23(15-20)33-5)32-18(3)24-17(2)29-30-27(25(24)26(32)28-4)31-13-14-35-22-10-8-7-9-19(22)16-31;2*1-2/h7-12,15,28H,6,13-14,16H2,1-5H3;1-2H3;2H,1H3. The third-order valence-electron chi connectivity index (χ3n) is 6.48. The second-order valence-electron chi connectivity index (χ2n) is 8.52. The fraction of sp³-hybridized carbons (Fsp3) is 0.400. The van der Waals surface area contributed by atoms with Crippen molar-refractivity contribution in [3.63, 3.8) is 0 Å². The second kappa shape index (κ2) is 14.0. The molecule has 0 amide bonds. The quantitative estimate of drug-likeness (QED) is 0.267. The first-order valence-electron chi connectivity index (χ1n) is 13.3. The fourth-order valence-corrected chi connectivity index (χ4v) is 4.94. The maximum absolute atomic E-state index is 6.01. The van der Waals surface area contributed by atoms with Crippen molar-refractivity contribution in [2.45, 2.75) is 41.2 Å². The summed E-state index contributed by atoms with van der Waals surface area (Å²) in [5.41, 5.74) is 4.00. The predicted octanol–water partition coefficient (Wildman–Crippen LogP) is 6.46. The molecule has 0 unspecified atom stereocenters. The zero-order chi connectivity index (χ0) is 28.5. The van der Waals surface area contributed by atoms with Gasteiger partial charge in [0.15, 0.2) is 5.82 Å². The molecule has 5 rings (SSSR count). The molecule has 2 aromatic heterocycles. The van der Waals surface area contributed by atoms with Crippen molar-refractivity contribution in [3.8, 4) is 22.9 Å². The summed E-state index contributed by atoms with van der Waals surface area (Å²) in [5, 5.41) is 14.8. The van der Waals surface area contributed by atoms with E-state index >= 15 is 0 Å². The van der Waals surface area contributed by atoms with E-state index in [1.807, 2.05) is 71.1 Å². The molecule has 0 saturated heterocycles. The van der Waals surface area contributed by atoms with Gasteiger partial charge in [-0.05, 0) is 45.2 Å². The van der Waals surface area contributed by atoms with Crippen molar-refractivity contribution in [3.05, 3.63) is 59.4 Å². The SMILES string of the molecule is CC.CCOc1ccc(-n2c(C)c3c(C)nnc(N4CCOc5ccccc5C4)c3c2NC)c(OC)c1.CS. The minimum Gasteiger partial charge on any atom is -0.494 e. The molecular formula is C30H41N5O3S. The van der Waals surface area contributed by atoms with E-state index in [1.54, 1.807) is 13.4 Å². The molecule has 1 N–H and O–H groups in total. The highest BCUT2D eigenvalue weighted by Gasteiger charge is 2.27. The average molecular weight is 552 g/mol. The number of fused-ring (bicyclic) bond motifs is 2. The van der Waals surface area contributed by atoms with Gasteiger partial charge < -0.3 is 24.4 Å². The molecule has 0 aliphatic carbocycles. The second-order valence-corrected chi connectivity index (χ2v) is 8.52. The molecule has 0 atom stereocenters. The number of rotatable bonds is 6. The highest BCUT2D eigenvalue weighted by atomic mass is 32.1. The molecule has 39 heavy (non-hydrogen) atoms. The lowest BCUT2D eigenvalue weighted by atomic mass is 10.1. The van der Waals surface area contributed by atoms with Crippen LogP contribution in [0.3, 0.4) is 0 Å². The summed E-state index contributed by atoms with van der Waals surface area (Å²) in [5.74, 6) is 4.20. The van der Waals surface area contributed by atoms with Crippen molar-refractivity contribution in [2.24, 2.45) is 0 Å². The van der Waals surface area contributed by atoms with Gasteiger partial charge in [0.25, 0.3) is 0 Å². The lowest BCUT2D eigenvalue weighted by Gasteiger charge is -2.22. The highest BCUT2D eigenvalue weighted by molar-refractivity contribution is 7.79. The number of aryl methyl sites for hydroxylation is 2. The van der Waals surface area contributed by atoms with Crippen LogP contribution < -0.4 is 24.4 Å². The van der Waals surface area contributed by atoms with E-state index in [2.05, 4.69) is 45.5 Å². The van der Waals surface area contributed by atoms with E-state index in [4.69, 9.17) is 19.3 Å². The Bertz CT molecular complexity index is 1390. The minimum atomic E-state index is 0.579. The van der Waals surface area contributed by atoms with E-state index in [9.17, 15) is 0 Å². The smallest absolute Gasteiger partial charge is 0.163 e. The Hall–Kier alpha value is -3.59. The fourth-order valence-electron chi connectivity index (χ4n) is 4.94. The van der Waals surface area contributed by atoms with E-state index in [0.29, 0.717) is 26.3 Å². The van der Waals surface area contributed by atoms with Crippen molar-refractivity contribution in [1.82, 2.24) is 14.8 Å². The van der Waals surface area contributed by atoms with Crippen molar-refractivity contribution in [1.29, 1.82) is 0 Å². The zero-order valence-electron chi connectivity index (χ0n) is 24.3. The van der Waals surface area contributed by atoms with Crippen LogP contribution in [0.4, 0.5) is 11.6 Å². The van der Waals surface area contributed by atoms with E-state index < -0.39 is 0 Å². The molecule has 8 nitrogen and oxygen atoms in total. The lowest BCUT2D eigenvalue weighted by molar-refractivity contribution is 0.331. The van der Waals surface area contributed by atoms with Gasteiger partial charge in [-0.25, -0.2) is 0 Å². The number of nitrogens with one attached hydrogen (secondary N) is 1. The molecule has 0 fully saturated rings. The summed E-state index contributed by atoms with van der Waals surface area (Å²) in [7, 11) is 3.62. The summed E-state index contributed by atoms with van der Waals surface area (Å²) < 4.78 is 19.7. The number of thiol groups is 1. The molecule has 0 bridgehead atoms. The predicted molar refractivity (Wildman–Crippen MR) is 165 cm³/mol. The first-order valence-corrected chi connectivity index (χ1v) is 14.2. The van der Waals surface area contributed by atoms with Crippen LogP contribution in [0.5, 0.6) is 17.2 Å². The van der Waals surface area contributed by atoms with Gasteiger partial charge in [0.2, 0.25) is 0 Å². The maximum Gasteiger partial charge on any atom is 0.163 e. The monoisotopic (exact) mass is 551 g/mol. The summed E-state index contributed by atoms with van der Waals surface area (Å²) in [4.78, 5) is 2.25. The number of aromatic nitrogens is 3. The van der Waals surface area contributed by atoms with Crippen LogP contribution in [0.2, 0.25) is 0 Å². The molecule has 9 heteroatoms. The third-order valence-corrected chi connectivity index (χ3v) is 6.48. The van der Waals surface area contributed by atoms with E-state index in [-0.39, 0.29) is 0 Å². The first kappa shape index (κ1) is 30.0. The van der Waals surface area contributed by atoms with Gasteiger partial charge in [-0.15, -0.1) is 5.10 Å². The van der Waals surface area contributed by atoms with Gasteiger partial charge in [-0.2, -0.15) is 17.7 Å². The molecule has 1 aliphatic heterocycles. The van der Waals surface area contributed by atoms with Gasteiger partial charge in [0.1, 0.15) is 29.7 Å². The number of methoxy groups -OCH3 is 1. The van der Waals surface area contributed by atoms with Crippen molar-refractivity contribution in [2.75, 3.05) is 50.4 Å². The summed E-state index contributed by atoms with van der Waals surface area (Å²) in [6, 6.07) is 14.1. The lowest BCUT2D eigenvalue weighted by Crippen LogP contribution is -2.27. The van der Waals surface area contributed by atoms with Crippen LogP contribution in [-0.2, 0) is 6.54 Å². The number of para-hydroxylation sites is 1. The number of benzene rings is 2. The first-order chi connectivity index (χ1) is 19.1. The number of nitrogens with zero attached hydrogens (tertiary/aromatic N) is 4. The number of hydrogen-bond donors (Lipinski definition) is 2. The molecule has 3 heterocycles. The average Bonchev–Trinajstić information content (AvgIpc) is 3.12. The molecule has 1 aliphatic rings. The molecule has 2 aromatic carbocycles. The van der Waals surface area contributed by atoms with Crippen molar-refractivity contribution < 1.29 is 14.2 Å². The summed E-state index contributed by atoms with van der Waals surface area (Å²) in [6.07, 6.45) is 1.69. The Balaban J connectivity index is 0.00000100. The topological polar surface area (TPSA) is 73.7 Å². The Morgan fingerprint density at radius 1 is 1.05 bits per heavy atom. The van der Waals surface area contributed by atoms with Crippen LogP contribution in [-0.4, -0.2) is 54.9 Å². The van der Waals surface area contributed by atoms with Gasteiger partial charge in [0, 0.05) is 36.3 Å². The van der Waals surface area contributed by atoms with Crippen LogP contribution in [0, 0.1) is 13.8 Å². The normalized spacial score (nSPS) is 12.2. The van der Waals surface area contributed by atoms with Crippen LogP contribution >= 0.6 is 12.6 Å². The van der Waals surface area contributed by atoms with Crippen LogP contribution in [0.25, 0.3) is 16.5 Å². The number of ether oxygens (including phenoxy) is 3. The molecular weight excluding hydrogens is 510 g/mol. The van der Waals surface area contributed by atoms with Gasteiger partial charge in [-0.1, -0.05) is 32.0 Å². The highest BCUT2D eigenvalue weighted by Crippen LogP contribution is 2.42. The van der Waals surface area contributed by atoms with Gasteiger partial charge in [0.05, 0.1) is 37.0 Å². The molecule has 0 saturated carbocycles. The van der Waals surface area contributed by atoms with Crippen LogP contribution in [0.1, 0.15) is 37.7 Å². The number of anilines is 2. The molecule has 0 radical (unpaired) electrons.